The van der Waals surface area contributed by atoms with E-state index in [1.165, 1.54) is 11.3 Å². The van der Waals surface area contributed by atoms with Crippen molar-refractivity contribution in [3.63, 3.8) is 0 Å². The third-order valence-electron chi connectivity index (χ3n) is 2.65. The molecule has 0 fully saturated rings. The van der Waals surface area contributed by atoms with E-state index in [9.17, 15) is 4.79 Å². The van der Waals surface area contributed by atoms with Gasteiger partial charge in [-0.3, -0.25) is 4.79 Å². The van der Waals surface area contributed by atoms with Crippen molar-refractivity contribution in [2.24, 2.45) is 0 Å². The molecule has 92 valence electrons. The molecule has 1 atom stereocenters. The molecule has 0 saturated heterocycles. The first-order chi connectivity index (χ1) is 8.74. The zero-order valence-corrected chi connectivity index (χ0v) is 11.4. The summed E-state index contributed by atoms with van der Waals surface area (Å²) in [7, 11) is 0. The minimum Gasteiger partial charge on any atom is -0.481 e. The van der Waals surface area contributed by atoms with Gasteiger partial charge in [0.05, 0.1) is 4.88 Å². The van der Waals surface area contributed by atoms with E-state index in [0.717, 1.165) is 21.4 Å². The molecule has 0 radical (unpaired) electrons. The number of ketones is 1. The number of thioether (sulfide) groups is 1. The van der Waals surface area contributed by atoms with Crippen LogP contribution in [-0.4, -0.2) is 16.5 Å². The summed E-state index contributed by atoms with van der Waals surface area (Å²) >= 11 is 3.19. The maximum Gasteiger partial charge on any atom is 0.171 e. The van der Waals surface area contributed by atoms with Crippen LogP contribution in [0, 0.1) is 0 Å². The molecule has 1 unspecified atom stereocenters. The summed E-state index contributed by atoms with van der Waals surface area (Å²) in [5, 5.41) is 0.877. The third kappa shape index (κ3) is 2.15. The Balaban J connectivity index is 1.85. The largest absolute Gasteiger partial charge is 0.481 e. The highest BCUT2D eigenvalue weighted by molar-refractivity contribution is 7.99. The second-order valence-electron chi connectivity index (χ2n) is 3.98. The molecule has 0 saturated carbocycles. The number of Topliss-reactive ketones (excluding diaryl/α,β-unsaturated/α-hetero) is 1. The molecule has 5 heteroatoms. The molecule has 2 aromatic rings. The topological polar surface area (TPSA) is 39.2 Å². The monoisotopic (exact) mass is 277 g/mol. The van der Waals surface area contributed by atoms with Gasteiger partial charge in [-0.1, -0.05) is 12.1 Å². The fourth-order valence-corrected chi connectivity index (χ4v) is 3.68. The van der Waals surface area contributed by atoms with Crippen LogP contribution in [0.15, 0.2) is 35.4 Å². The van der Waals surface area contributed by atoms with Gasteiger partial charge in [0.2, 0.25) is 0 Å². The minimum atomic E-state index is -0.0528. The Morgan fingerprint density at radius 1 is 1.44 bits per heavy atom. The lowest BCUT2D eigenvalue weighted by Gasteiger charge is -2.23. The van der Waals surface area contributed by atoms with E-state index in [1.807, 2.05) is 18.2 Å². The molecule has 0 spiro atoms. The van der Waals surface area contributed by atoms with Crippen LogP contribution in [0.1, 0.15) is 27.7 Å². The molecule has 0 amide bonds. The van der Waals surface area contributed by atoms with Crippen molar-refractivity contribution >= 4 is 28.9 Å². The molecule has 1 aromatic carbocycles. The third-order valence-corrected chi connectivity index (χ3v) is 4.96. The van der Waals surface area contributed by atoms with Gasteiger partial charge in [-0.05, 0) is 12.1 Å². The fourth-order valence-electron chi connectivity index (χ4n) is 1.74. The highest BCUT2D eigenvalue weighted by Gasteiger charge is 2.24. The second kappa shape index (κ2) is 4.74. The molecular weight excluding hydrogens is 266 g/mol. The van der Waals surface area contributed by atoms with Crippen LogP contribution in [0.2, 0.25) is 0 Å². The lowest BCUT2D eigenvalue weighted by atomic mass is 10.3. The van der Waals surface area contributed by atoms with Crippen LogP contribution in [0.5, 0.6) is 5.75 Å². The molecule has 1 aliphatic heterocycles. The molecule has 1 aliphatic rings. The maximum absolute atomic E-state index is 11.3. The van der Waals surface area contributed by atoms with E-state index in [-0.39, 0.29) is 11.9 Å². The highest BCUT2D eigenvalue weighted by Crippen LogP contribution is 2.40. The molecule has 1 aromatic heterocycles. The van der Waals surface area contributed by atoms with E-state index in [1.54, 1.807) is 24.9 Å². The van der Waals surface area contributed by atoms with Gasteiger partial charge in [0.1, 0.15) is 10.8 Å². The van der Waals surface area contributed by atoms with Crippen LogP contribution in [0.25, 0.3) is 0 Å². The Labute approximate surface area is 113 Å². The molecule has 2 heterocycles. The van der Waals surface area contributed by atoms with Gasteiger partial charge in [-0.25, -0.2) is 4.98 Å². The Bertz CT molecular complexity index is 594. The lowest BCUT2D eigenvalue weighted by molar-refractivity contribution is 0.102. The number of aromatic nitrogens is 1. The summed E-state index contributed by atoms with van der Waals surface area (Å²) < 4.78 is 5.93. The summed E-state index contributed by atoms with van der Waals surface area (Å²) in [6, 6.07) is 7.99. The predicted octanol–water partition coefficient (Wildman–Crippen LogP) is 3.57. The number of nitrogens with zero attached hydrogens (tertiary/aromatic N) is 1. The first-order valence-electron chi connectivity index (χ1n) is 5.59. The second-order valence-corrected chi connectivity index (χ2v) is 6.11. The van der Waals surface area contributed by atoms with Gasteiger partial charge in [-0.15, -0.1) is 23.1 Å². The first kappa shape index (κ1) is 11.7. The highest BCUT2D eigenvalue weighted by atomic mass is 32.2. The van der Waals surface area contributed by atoms with Crippen molar-refractivity contribution in [1.82, 2.24) is 4.98 Å². The summed E-state index contributed by atoms with van der Waals surface area (Å²) in [6.45, 7) is 1.56. The van der Waals surface area contributed by atoms with E-state index in [0.29, 0.717) is 4.88 Å². The number of thiazole rings is 1. The van der Waals surface area contributed by atoms with E-state index in [2.05, 4.69) is 11.1 Å². The SMILES string of the molecule is CC(=O)c1cnc(C2CSc3ccccc3O2)s1. The number of ether oxygens (including phenoxy) is 1. The average molecular weight is 277 g/mol. The summed E-state index contributed by atoms with van der Waals surface area (Å²) in [5.41, 5.74) is 0. The fraction of sp³-hybridized carbons (Fsp3) is 0.231. The van der Waals surface area contributed by atoms with Gasteiger partial charge >= 0.3 is 0 Å². The van der Waals surface area contributed by atoms with Gasteiger partial charge < -0.3 is 4.74 Å². The molecule has 3 rings (SSSR count). The quantitative estimate of drug-likeness (QED) is 0.787. The van der Waals surface area contributed by atoms with Crippen molar-refractivity contribution in [3.05, 3.63) is 40.3 Å². The van der Waals surface area contributed by atoms with E-state index < -0.39 is 0 Å². The van der Waals surface area contributed by atoms with Crippen LogP contribution in [0.4, 0.5) is 0 Å². The number of rotatable bonds is 2. The number of fused-ring (bicyclic) bond motifs is 1. The first-order valence-corrected chi connectivity index (χ1v) is 7.39. The summed E-state index contributed by atoms with van der Waals surface area (Å²) in [4.78, 5) is 17.4. The summed E-state index contributed by atoms with van der Waals surface area (Å²) in [6.07, 6.45) is 1.58. The molecule has 18 heavy (non-hydrogen) atoms. The Hall–Kier alpha value is -1.33. The van der Waals surface area contributed by atoms with E-state index >= 15 is 0 Å². The Kier molecular flexibility index (Phi) is 3.09. The molecule has 0 bridgehead atoms. The Morgan fingerprint density at radius 3 is 3.06 bits per heavy atom. The van der Waals surface area contributed by atoms with Gasteiger partial charge in [-0.2, -0.15) is 0 Å². The number of benzene rings is 1. The van der Waals surface area contributed by atoms with Crippen LogP contribution in [0.3, 0.4) is 0 Å². The molecular formula is C13H11NO2S2. The average Bonchev–Trinajstić information content (AvgIpc) is 2.88. The van der Waals surface area contributed by atoms with E-state index in [4.69, 9.17) is 4.74 Å². The van der Waals surface area contributed by atoms with Crippen LogP contribution in [-0.2, 0) is 0 Å². The van der Waals surface area contributed by atoms with Crippen molar-refractivity contribution in [3.8, 4) is 5.75 Å². The van der Waals surface area contributed by atoms with Crippen molar-refractivity contribution in [1.29, 1.82) is 0 Å². The number of carbonyl (C=O) groups is 1. The molecule has 0 N–H and O–H groups in total. The summed E-state index contributed by atoms with van der Waals surface area (Å²) in [5.74, 6) is 1.79. The smallest absolute Gasteiger partial charge is 0.171 e. The Morgan fingerprint density at radius 2 is 2.28 bits per heavy atom. The standard InChI is InChI=1S/C13H11NO2S2/c1-8(15)12-6-14-13(18-12)10-7-17-11-5-3-2-4-9(11)16-10/h2-6,10H,7H2,1H3. The maximum atomic E-state index is 11.3. The van der Waals surface area contributed by atoms with Crippen LogP contribution < -0.4 is 4.74 Å². The zero-order chi connectivity index (χ0) is 12.5. The van der Waals surface area contributed by atoms with Gasteiger partial charge in [0, 0.05) is 23.8 Å². The number of para-hydroxylation sites is 1. The molecule has 3 nitrogen and oxygen atoms in total. The number of carbonyl (C=O) groups excluding carboxylic acids is 1. The van der Waals surface area contributed by atoms with Gasteiger partial charge in [0.25, 0.3) is 0 Å². The number of hydrogen-bond donors (Lipinski definition) is 0. The van der Waals surface area contributed by atoms with Crippen molar-refractivity contribution < 1.29 is 9.53 Å². The zero-order valence-electron chi connectivity index (χ0n) is 9.75. The van der Waals surface area contributed by atoms with Crippen molar-refractivity contribution in [2.45, 2.75) is 17.9 Å². The van der Waals surface area contributed by atoms with Crippen molar-refractivity contribution in [2.75, 3.05) is 5.75 Å². The lowest BCUT2D eigenvalue weighted by Crippen LogP contribution is -2.14. The predicted molar refractivity (Wildman–Crippen MR) is 72.7 cm³/mol. The molecule has 0 aliphatic carbocycles. The minimum absolute atomic E-state index is 0.0528. The number of hydrogen-bond acceptors (Lipinski definition) is 5. The van der Waals surface area contributed by atoms with Gasteiger partial charge in [0.15, 0.2) is 11.9 Å². The van der Waals surface area contributed by atoms with Crippen LogP contribution >= 0.6 is 23.1 Å². The normalized spacial score (nSPS) is 17.9.